The number of thioether (sulfide) groups is 1. The summed E-state index contributed by atoms with van der Waals surface area (Å²) in [6, 6.07) is 19.4. The highest BCUT2D eigenvalue weighted by atomic mass is 35.5. The summed E-state index contributed by atoms with van der Waals surface area (Å²) in [5, 5.41) is 12.3. The summed E-state index contributed by atoms with van der Waals surface area (Å²) in [5.41, 5.74) is 1.96. The third-order valence-corrected chi connectivity index (χ3v) is 6.31. The fraction of sp³-hybridized carbons (Fsp3) is 0.160. The van der Waals surface area contributed by atoms with Crippen LogP contribution in [0.15, 0.2) is 78.0 Å². The number of hydrogen-bond acceptors (Lipinski definition) is 4. The Hall–Kier alpha value is -3.30. The number of hydrogen-bond donors (Lipinski definition) is 1. The summed E-state index contributed by atoms with van der Waals surface area (Å²) in [5.74, 6) is 0.450. The second-order valence-corrected chi connectivity index (χ2v) is 9.13. The van der Waals surface area contributed by atoms with Gasteiger partial charge in [0.15, 0.2) is 11.0 Å². The van der Waals surface area contributed by atoms with E-state index in [2.05, 4.69) is 15.5 Å². The lowest BCUT2D eigenvalue weighted by Crippen LogP contribution is -2.24. The van der Waals surface area contributed by atoms with Gasteiger partial charge in [0.25, 0.3) is 5.91 Å². The number of rotatable bonds is 7. The van der Waals surface area contributed by atoms with Crippen molar-refractivity contribution in [2.75, 3.05) is 0 Å². The smallest absolute Gasteiger partial charge is 0.345 e. The highest BCUT2D eigenvalue weighted by molar-refractivity contribution is 7.98. The number of nitrogens with zero attached hydrogens (tertiary/aromatic N) is 3. The number of carbonyl (C=O) groups is 1. The Kier molecular flexibility index (Phi) is 7.47. The number of aryl methyl sites for hydroxylation is 1. The van der Waals surface area contributed by atoms with Crippen LogP contribution < -0.4 is 5.32 Å². The minimum atomic E-state index is -4.41. The van der Waals surface area contributed by atoms with E-state index in [4.69, 9.17) is 11.6 Å². The van der Waals surface area contributed by atoms with Crippen molar-refractivity contribution in [3.63, 3.8) is 0 Å². The molecule has 0 spiro atoms. The van der Waals surface area contributed by atoms with Crippen LogP contribution in [-0.4, -0.2) is 20.7 Å². The van der Waals surface area contributed by atoms with Gasteiger partial charge in [0, 0.05) is 16.3 Å². The van der Waals surface area contributed by atoms with E-state index in [-0.39, 0.29) is 18.2 Å². The molecule has 180 valence electrons. The molecule has 1 heterocycles. The van der Waals surface area contributed by atoms with Crippen LogP contribution in [0.25, 0.3) is 5.69 Å². The molecule has 0 aliphatic heterocycles. The van der Waals surface area contributed by atoms with Crippen molar-refractivity contribution >= 4 is 29.3 Å². The van der Waals surface area contributed by atoms with E-state index in [9.17, 15) is 18.0 Å². The molecule has 0 aliphatic carbocycles. The minimum Gasteiger partial charge on any atom is -0.345 e. The second kappa shape index (κ2) is 10.5. The van der Waals surface area contributed by atoms with Crippen LogP contribution >= 0.6 is 23.4 Å². The van der Waals surface area contributed by atoms with Crippen molar-refractivity contribution in [2.24, 2.45) is 0 Å². The molecular weight excluding hydrogens is 497 g/mol. The van der Waals surface area contributed by atoms with E-state index in [0.29, 0.717) is 32.8 Å². The summed E-state index contributed by atoms with van der Waals surface area (Å²) in [7, 11) is 0. The molecular formula is C25H20ClF3N4OS. The van der Waals surface area contributed by atoms with Crippen LogP contribution in [-0.2, 0) is 18.5 Å². The number of alkyl halides is 3. The summed E-state index contributed by atoms with van der Waals surface area (Å²) in [6.07, 6.45) is -4.41. The average molecular weight is 517 g/mol. The molecule has 0 bridgehead atoms. The van der Waals surface area contributed by atoms with E-state index in [1.807, 2.05) is 19.1 Å². The molecule has 0 fully saturated rings. The lowest BCUT2D eigenvalue weighted by atomic mass is 10.1. The van der Waals surface area contributed by atoms with E-state index in [1.54, 1.807) is 47.0 Å². The SMILES string of the molecule is Cc1cccc(C(=O)NCc2nnc(SCc3cccc(C(F)(F)F)c3)n2-c2cccc(Cl)c2)c1. The Morgan fingerprint density at radius 3 is 2.54 bits per heavy atom. The summed E-state index contributed by atoms with van der Waals surface area (Å²) >= 11 is 7.42. The number of carbonyl (C=O) groups excluding carboxylic acids is 1. The van der Waals surface area contributed by atoms with Gasteiger partial charge in [-0.2, -0.15) is 13.2 Å². The van der Waals surface area contributed by atoms with Crippen LogP contribution in [0.1, 0.15) is 32.9 Å². The zero-order valence-electron chi connectivity index (χ0n) is 18.5. The normalized spacial score (nSPS) is 11.5. The fourth-order valence-electron chi connectivity index (χ4n) is 3.42. The third kappa shape index (κ3) is 6.23. The monoisotopic (exact) mass is 516 g/mol. The second-order valence-electron chi connectivity index (χ2n) is 7.75. The first kappa shape index (κ1) is 24.8. The van der Waals surface area contributed by atoms with Gasteiger partial charge in [-0.05, 0) is 48.9 Å². The molecule has 1 amide bonds. The Labute approximate surface area is 209 Å². The lowest BCUT2D eigenvalue weighted by molar-refractivity contribution is -0.137. The number of halogens is 4. The van der Waals surface area contributed by atoms with Crippen molar-refractivity contribution in [1.29, 1.82) is 0 Å². The van der Waals surface area contributed by atoms with Crippen molar-refractivity contribution in [3.8, 4) is 5.69 Å². The Morgan fingerprint density at radius 1 is 1.03 bits per heavy atom. The molecule has 35 heavy (non-hydrogen) atoms. The highest BCUT2D eigenvalue weighted by Crippen LogP contribution is 2.32. The minimum absolute atomic E-state index is 0.0937. The standard InChI is InChI=1S/C25H20ClF3N4OS/c1-16-5-2-7-18(11-16)23(34)30-14-22-31-32-24(33(22)21-10-4-9-20(26)13-21)35-15-17-6-3-8-19(12-17)25(27,28)29/h2-13H,14-15H2,1H3,(H,30,34). The Balaban J connectivity index is 1.58. The maximum Gasteiger partial charge on any atom is 0.416 e. The van der Waals surface area contributed by atoms with Gasteiger partial charge in [-0.15, -0.1) is 10.2 Å². The Bertz CT molecular complexity index is 1360. The van der Waals surface area contributed by atoms with Crippen molar-refractivity contribution in [2.45, 2.75) is 30.6 Å². The van der Waals surface area contributed by atoms with Gasteiger partial charge >= 0.3 is 6.18 Å². The van der Waals surface area contributed by atoms with Gasteiger partial charge in [-0.25, -0.2) is 0 Å². The summed E-state index contributed by atoms with van der Waals surface area (Å²) < 4.78 is 41.0. The number of benzene rings is 3. The summed E-state index contributed by atoms with van der Waals surface area (Å²) in [6.45, 7) is 2.00. The lowest BCUT2D eigenvalue weighted by Gasteiger charge is -2.12. The Morgan fingerprint density at radius 2 is 1.80 bits per heavy atom. The molecule has 0 saturated carbocycles. The third-order valence-electron chi connectivity index (χ3n) is 5.08. The van der Waals surface area contributed by atoms with E-state index >= 15 is 0 Å². The van der Waals surface area contributed by atoms with Crippen molar-refractivity contribution in [1.82, 2.24) is 20.1 Å². The van der Waals surface area contributed by atoms with Gasteiger partial charge in [0.1, 0.15) is 0 Å². The topological polar surface area (TPSA) is 59.8 Å². The van der Waals surface area contributed by atoms with Gasteiger partial charge in [-0.1, -0.05) is 65.3 Å². The number of aromatic nitrogens is 3. The molecule has 10 heteroatoms. The average Bonchev–Trinajstić information content (AvgIpc) is 3.23. The molecule has 1 N–H and O–H groups in total. The van der Waals surface area contributed by atoms with Gasteiger partial charge in [0.2, 0.25) is 0 Å². The van der Waals surface area contributed by atoms with E-state index < -0.39 is 11.7 Å². The maximum absolute atomic E-state index is 13.1. The first-order valence-electron chi connectivity index (χ1n) is 10.5. The zero-order chi connectivity index (χ0) is 25.0. The van der Waals surface area contributed by atoms with Crippen LogP contribution in [0.4, 0.5) is 13.2 Å². The molecule has 1 aromatic heterocycles. The molecule has 0 saturated heterocycles. The van der Waals surface area contributed by atoms with Crippen LogP contribution in [0.5, 0.6) is 0 Å². The fourth-order valence-corrected chi connectivity index (χ4v) is 4.51. The first-order valence-corrected chi connectivity index (χ1v) is 11.9. The largest absolute Gasteiger partial charge is 0.416 e. The molecule has 0 unspecified atom stereocenters. The zero-order valence-corrected chi connectivity index (χ0v) is 20.1. The highest BCUT2D eigenvalue weighted by Gasteiger charge is 2.30. The van der Waals surface area contributed by atoms with Crippen LogP contribution in [0.3, 0.4) is 0 Å². The van der Waals surface area contributed by atoms with E-state index in [1.165, 1.54) is 17.8 Å². The van der Waals surface area contributed by atoms with Gasteiger partial charge in [0.05, 0.1) is 17.8 Å². The number of amides is 1. The van der Waals surface area contributed by atoms with Gasteiger partial charge in [-0.3, -0.25) is 9.36 Å². The van der Waals surface area contributed by atoms with Crippen molar-refractivity contribution < 1.29 is 18.0 Å². The van der Waals surface area contributed by atoms with Crippen molar-refractivity contribution in [3.05, 3.63) is 106 Å². The van der Waals surface area contributed by atoms with Gasteiger partial charge < -0.3 is 5.32 Å². The predicted octanol–water partition coefficient (Wildman–Crippen LogP) is 6.47. The number of nitrogens with one attached hydrogen (secondary N) is 1. The predicted molar refractivity (Wildman–Crippen MR) is 130 cm³/mol. The molecule has 4 aromatic rings. The molecule has 5 nitrogen and oxygen atoms in total. The van der Waals surface area contributed by atoms with E-state index in [0.717, 1.165) is 17.7 Å². The van der Waals surface area contributed by atoms with Crippen LogP contribution in [0, 0.1) is 6.92 Å². The molecule has 0 atom stereocenters. The maximum atomic E-state index is 13.1. The quantitative estimate of drug-likeness (QED) is 0.286. The summed E-state index contributed by atoms with van der Waals surface area (Å²) in [4.78, 5) is 12.6. The molecule has 4 rings (SSSR count). The molecule has 0 radical (unpaired) electrons. The molecule has 3 aromatic carbocycles. The molecule has 0 aliphatic rings. The van der Waals surface area contributed by atoms with Crippen LogP contribution in [0.2, 0.25) is 5.02 Å². The first-order chi connectivity index (χ1) is 16.7.